The fourth-order valence-electron chi connectivity index (χ4n) is 15.0. The van der Waals surface area contributed by atoms with Gasteiger partial charge in [0, 0.05) is 0 Å². The SMILES string of the molecule is CCCc1ccc(-c2cccc3c2C=C(CC24CCC(CC2)C4)[CH]3[Zr]([CH3])(=[SiH2])([CH2]CC(F)(F)F)[CH]2C(CC34CCC(CC3)C4)=Cc3c(-c4ccc(CCC)cc4)cccc32)cc1.Cl.Cl. The minimum Gasteiger partial charge on any atom is -0.147 e. The summed E-state index contributed by atoms with van der Waals surface area (Å²) in [6.07, 6.45) is 19.7. The molecular formula is C56H69Cl2F3SiZr. The summed E-state index contributed by atoms with van der Waals surface area (Å²) in [5, 5.41) is 0. The second-order valence-corrected chi connectivity index (χ2v) is 50.5. The molecule has 0 spiro atoms. The maximum absolute atomic E-state index is 15.2. The second-order valence-electron chi connectivity index (χ2n) is 22.1. The summed E-state index contributed by atoms with van der Waals surface area (Å²) in [5.74, 6) is 1.65. The molecule has 336 valence electrons. The first-order valence-corrected chi connectivity index (χ1v) is 37.2. The van der Waals surface area contributed by atoms with Crippen LogP contribution in [0.4, 0.5) is 13.2 Å². The Labute approximate surface area is 391 Å². The molecule has 0 N–H and O–H groups in total. The van der Waals surface area contributed by atoms with Gasteiger partial charge in [-0.15, -0.1) is 24.8 Å². The monoisotopic (exact) mass is 986 g/mol. The van der Waals surface area contributed by atoms with Crippen LogP contribution in [0.15, 0.2) is 96.1 Å². The molecule has 10 rings (SSSR count). The number of alkyl halides is 3. The molecule has 0 heterocycles. The van der Waals surface area contributed by atoms with Crippen molar-refractivity contribution in [3.05, 3.63) is 129 Å². The Hall–Kier alpha value is -2.17. The van der Waals surface area contributed by atoms with Gasteiger partial charge in [-0.3, -0.25) is 0 Å². The summed E-state index contributed by atoms with van der Waals surface area (Å²) < 4.78 is 48.5. The average Bonchev–Trinajstić information content (AvgIpc) is 4.11. The van der Waals surface area contributed by atoms with Crippen LogP contribution in [-0.4, -0.2) is 13.1 Å². The summed E-state index contributed by atoms with van der Waals surface area (Å²) in [7, 11) is 0. The summed E-state index contributed by atoms with van der Waals surface area (Å²) in [4.78, 5) is 0. The quantitative estimate of drug-likeness (QED) is 0.110. The number of rotatable bonds is 14. The number of allylic oxidation sites excluding steroid dienone is 2. The zero-order valence-corrected chi connectivity index (χ0v) is 43.4. The minimum atomic E-state index is -4.87. The van der Waals surface area contributed by atoms with Gasteiger partial charge in [-0.05, 0) is 0 Å². The van der Waals surface area contributed by atoms with Gasteiger partial charge in [-0.2, -0.15) is 0 Å². The maximum Gasteiger partial charge on any atom is -0.147 e. The summed E-state index contributed by atoms with van der Waals surface area (Å²) in [5.41, 5.74) is 16.5. The Kier molecular flexibility index (Phi) is 13.4. The predicted molar refractivity (Wildman–Crippen MR) is 265 cm³/mol. The van der Waals surface area contributed by atoms with Crippen LogP contribution in [0.25, 0.3) is 34.4 Å². The number of hydrogen-bond donors (Lipinski definition) is 0. The van der Waals surface area contributed by atoms with Gasteiger partial charge in [0.2, 0.25) is 0 Å². The van der Waals surface area contributed by atoms with Crippen molar-refractivity contribution in [2.75, 3.05) is 0 Å². The Morgan fingerprint density at radius 1 is 0.603 bits per heavy atom. The van der Waals surface area contributed by atoms with Crippen molar-refractivity contribution < 1.29 is 30.6 Å². The van der Waals surface area contributed by atoms with Gasteiger partial charge in [0.1, 0.15) is 0 Å². The largest absolute Gasteiger partial charge is 0.147 e. The van der Waals surface area contributed by atoms with E-state index in [1.807, 2.05) is 0 Å². The van der Waals surface area contributed by atoms with E-state index < -0.39 is 30.0 Å². The molecule has 0 aromatic heterocycles. The maximum atomic E-state index is 15.2. The molecule has 0 saturated heterocycles. The van der Waals surface area contributed by atoms with Crippen molar-refractivity contribution in [1.82, 2.24) is 0 Å². The molecule has 0 aliphatic heterocycles. The van der Waals surface area contributed by atoms with E-state index in [4.69, 9.17) is 0 Å². The van der Waals surface area contributed by atoms with Gasteiger partial charge < -0.3 is 0 Å². The molecule has 0 nitrogen and oxygen atoms in total. The van der Waals surface area contributed by atoms with Gasteiger partial charge >= 0.3 is 369 Å². The number of aryl methyl sites for hydroxylation is 2. The first-order valence-electron chi connectivity index (χ1n) is 24.3. The Bertz CT molecular complexity index is 2290. The molecule has 4 aromatic rings. The number of halogens is 5. The van der Waals surface area contributed by atoms with Gasteiger partial charge in [-0.25, -0.2) is 0 Å². The molecule has 0 amide bonds. The van der Waals surface area contributed by atoms with Crippen molar-refractivity contribution in [3.8, 4) is 22.3 Å². The van der Waals surface area contributed by atoms with E-state index in [9.17, 15) is 0 Å². The Balaban J connectivity index is 0.00000272. The zero-order valence-electron chi connectivity index (χ0n) is 37.9. The van der Waals surface area contributed by atoms with Gasteiger partial charge in [0.05, 0.1) is 0 Å². The van der Waals surface area contributed by atoms with E-state index in [-0.39, 0.29) is 32.1 Å². The molecule has 0 radical (unpaired) electrons. The van der Waals surface area contributed by atoms with E-state index in [2.05, 4.69) is 122 Å². The van der Waals surface area contributed by atoms with Crippen LogP contribution in [-0.2, 0) is 30.2 Å². The average molecular weight is 989 g/mol. The van der Waals surface area contributed by atoms with E-state index >= 15 is 13.2 Å². The van der Waals surface area contributed by atoms with Crippen LogP contribution in [0, 0.1) is 22.7 Å². The molecule has 6 aliphatic rings. The summed E-state index contributed by atoms with van der Waals surface area (Å²) >= 11 is -4.87. The fourth-order valence-corrected chi connectivity index (χ4v) is 38.6. The summed E-state index contributed by atoms with van der Waals surface area (Å²) in [6, 6.07) is 32.2. The normalized spacial score (nSPS) is 26.8. The molecular weight excluding hydrogens is 920 g/mol. The topological polar surface area (TPSA) is 0 Å². The predicted octanol–water partition coefficient (Wildman–Crippen LogP) is 16.9. The zero-order chi connectivity index (χ0) is 42.2. The van der Waals surface area contributed by atoms with E-state index in [0.717, 1.165) is 50.4 Å². The van der Waals surface area contributed by atoms with Crippen molar-refractivity contribution in [3.63, 3.8) is 0 Å². The van der Waals surface area contributed by atoms with Crippen molar-refractivity contribution in [2.45, 2.75) is 145 Å². The van der Waals surface area contributed by atoms with Gasteiger partial charge in [0.25, 0.3) is 0 Å². The first kappa shape index (κ1) is 47.3. The molecule has 2 atom stereocenters. The van der Waals surface area contributed by atoms with E-state index in [1.54, 1.807) is 0 Å². The molecule has 4 bridgehead atoms. The van der Waals surface area contributed by atoms with Gasteiger partial charge in [0.15, 0.2) is 0 Å². The number of fused-ring (bicyclic) bond motifs is 6. The standard InChI is InChI=1S/2C26H29.C3H4F3.CH3.2ClH.H2Si.Zr/c2*1-2-4-19-7-9-22(10-8-19)24-6-3-5-23-15-21(16-25(23)24)18-26-13-11-20(17-26)12-14-26;1-2-3(4,5)6;;;;;/h2*3,5-10,15-16,20H,2,4,11-14,17-18H2,1H3;1-2H2;1H3;2*1H;1H2;. The minimum absolute atomic E-state index is 0. The fraction of sp³-hybridized carbons (Fsp3) is 0.500. The van der Waals surface area contributed by atoms with Crippen molar-refractivity contribution >= 4 is 43.8 Å². The third-order valence-corrected chi connectivity index (χ3v) is 40.6. The van der Waals surface area contributed by atoms with E-state index in [0.29, 0.717) is 15.0 Å². The smallest absolute Gasteiger partial charge is 0.147 e. The summed E-state index contributed by atoms with van der Waals surface area (Å²) in [6.45, 7) is 6.66. The Morgan fingerprint density at radius 3 is 1.33 bits per heavy atom. The molecule has 63 heavy (non-hydrogen) atoms. The molecule has 4 aromatic carbocycles. The van der Waals surface area contributed by atoms with Crippen LogP contribution in [0.1, 0.15) is 151 Å². The van der Waals surface area contributed by atoms with Crippen LogP contribution in [0.3, 0.4) is 0 Å². The van der Waals surface area contributed by atoms with Gasteiger partial charge in [-0.1, -0.05) is 0 Å². The Morgan fingerprint density at radius 2 is 1.00 bits per heavy atom. The van der Waals surface area contributed by atoms with Crippen LogP contribution in [0.2, 0.25) is 8.76 Å². The second kappa shape index (κ2) is 17.8. The molecule has 2 unspecified atom stereocenters. The van der Waals surface area contributed by atoms with Crippen LogP contribution in [0.5, 0.6) is 0 Å². The number of benzene rings is 4. The van der Waals surface area contributed by atoms with Crippen molar-refractivity contribution in [2.24, 2.45) is 22.7 Å². The molecule has 4 fully saturated rings. The van der Waals surface area contributed by atoms with Crippen molar-refractivity contribution in [1.29, 1.82) is 0 Å². The third kappa shape index (κ3) is 8.68. The molecule has 7 heteroatoms. The third-order valence-electron chi connectivity index (χ3n) is 17.7. The van der Waals surface area contributed by atoms with Crippen LogP contribution < -0.4 is 0 Å². The molecule has 4 saturated carbocycles. The van der Waals surface area contributed by atoms with Crippen LogP contribution >= 0.6 is 24.8 Å². The molecule has 6 aliphatic carbocycles. The number of hydrogen-bond acceptors (Lipinski definition) is 0. The first-order chi connectivity index (χ1) is 29.3. The van der Waals surface area contributed by atoms with E-state index in [1.165, 1.54) is 131 Å².